The van der Waals surface area contributed by atoms with Crippen molar-refractivity contribution in [2.24, 2.45) is 16.3 Å². The van der Waals surface area contributed by atoms with Gasteiger partial charge in [-0.3, -0.25) is 14.6 Å². The Morgan fingerprint density at radius 2 is 1.97 bits per heavy atom. The SMILES string of the molecule is CN=CC1(C2CCCC2)CCN(c2ccnc(NC(=O)Cc3cccc4ccccc34)c2)C1=O. The highest BCUT2D eigenvalue weighted by molar-refractivity contribution is 6.10. The van der Waals surface area contributed by atoms with Crippen LogP contribution in [0.2, 0.25) is 0 Å². The maximum Gasteiger partial charge on any atom is 0.238 e. The first-order valence-corrected chi connectivity index (χ1v) is 12.1. The molecular formula is C28H30N4O2. The number of rotatable bonds is 6. The van der Waals surface area contributed by atoms with Crippen molar-refractivity contribution >= 4 is 40.3 Å². The van der Waals surface area contributed by atoms with Gasteiger partial charge < -0.3 is 10.2 Å². The minimum absolute atomic E-state index is 0.115. The summed E-state index contributed by atoms with van der Waals surface area (Å²) in [6.45, 7) is 0.648. The highest BCUT2D eigenvalue weighted by Crippen LogP contribution is 2.46. The van der Waals surface area contributed by atoms with Crippen molar-refractivity contribution in [2.75, 3.05) is 23.8 Å². The van der Waals surface area contributed by atoms with Gasteiger partial charge in [0.15, 0.2) is 0 Å². The van der Waals surface area contributed by atoms with Crippen molar-refractivity contribution in [1.29, 1.82) is 0 Å². The van der Waals surface area contributed by atoms with Gasteiger partial charge >= 0.3 is 0 Å². The highest BCUT2D eigenvalue weighted by atomic mass is 16.2. The number of fused-ring (bicyclic) bond motifs is 1. The molecule has 1 aliphatic carbocycles. The Balaban J connectivity index is 1.33. The molecule has 34 heavy (non-hydrogen) atoms. The molecule has 1 aliphatic heterocycles. The third-order valence-electron chi connectivity index (χ3n) is 7.39. The fraction of sp³-hybridized carbons (Fsp3) is 0.357. The van der Waals surface area contributed by atoms with E-state index in [2.05, 4.69) is 15.3 Å². The highest BCUT2D eigenvalue weighted by Gasteiger charge is 2.51. The smallest absolute Gasteiger partial charge is 0.238 e. The Bertz CT molecular complexity index is 1240. The van der Waals surface area contributed by atoms with Crippen LogP contribution in [0.3, 0.4) is 0 Å². The molecule has 1 N–H and O–H groups in total. The Labute approximate surface area is 200 Å². The van der Waals surface area contributed by atoms with E-state index in [4.69, 9.17) is 0 Å². The van der Waals surface area contributed by atoms with Crippen LogP contribution in [0.1, 0.15) is 37.7 Å². The number of amides is 2. The number of carbonyl (C=O) groups is 2. The van der Waals surface area contributed by atoms with Crippen LogP contribution in [0.15, 0.2) is 65.8 Å². The second-order valence-corrected chi connectivity index (χ2v) is 9.38. The monoisotopic (exact) mass is 454 g/mol. The maximum atomic E-state index is 13.6. The molecule has 174 valence electrons. The van der Waals surface area contributed by atoms with Crippen LogP contribution < -0.4 is 10.2 Å². The van der Waals surface area contributed by atoms with Crippen molar-refractivity contribution in [1.82, 2.24) is 4.98 Å². The molecule has 2 amide bonds. The minimum Gasteiger partial charge on any atom is -0.311 e. The summed E-state index contributed by atoms with van der Waals surface area (Å²) in [5.74, 6) is 0.796. The summed E-state index contributed by atoms with van der Waals surface area (Å²) in [6.07, 6.45) is 9.10. The fourth-order valence-corrected chi connectivity index (χ4v) is 5.74. The molecule has 0 bridgehead atoms. The lowest BCUT2D eigenvalue weighted by Gasteiger charge is -2.30. The van der Waals surface area contributed by atoms with E-state index in [1.54, 1.807) is 19.3 Å². The lowest BCUT2D eigenvalue weighted by atomic mass is 9.74. The van der Waals surface area contributed by atoms with Crippen molar-refractivity contribution < 1.29 is 9.59 Å². The van der Waals surface area contributed by atoms with Gasteiger partial charge in [-0.1, -0.05) is 55.3 Å². The van der Waals surface area contributed by atoms with Gasteiger partial charge in [0.2, 0.25) is 11.8 Å². The zero-order chi connectivity index (χ0) is 23.5. The largest absolute Gasteiger partial charge is 0.311 e. The first kappa shape index (κ1) is 22.3. The molecular weight excluding hydrogens is 424 g/mol. The lowest BCUT2D eigenvalue weighted by molar-refractivity contribution is -0.124. The molecule has 0 spiro atoms. The molecule has 1 unspecified atom stereocenters. The van der Waals surface area contributed by atoms with E-state index < -0.39 is 5.41 Å². The van der Waals surface area contributed by atoms with Gasteiger partial charge in [0.25, 0.3) is 0 Å². The standard InChI is InChI=1S/C28H30N4O2/c1-29-19-28(22-10-3-4-11-22)14-16-32(27(28)34)23-13-15-30-25(18-23)31-26(33)17-21-9-6-8-20-7-2-5-12-24(20)21/h2,5-9,12-13,15,18-19,22H,3-4,10-11,14,16-17H2,1H3,(H,30,31,33). The van der Waals surface area contributed by atoms with Crippen LogP contribution in [0.5, 0.6) is 0 Å². The summed E-state index contributed by atoms with van der Waals surface area (Å²) in [5.41, 5.74) is 1.23. The van der Waals surface area contributed by atoms with Crippen molar-refractivity contribution in [2.45, 2.75) is 38.5 Å². The molecule has 0 radical (unpaired) electrons. The third-order valence-corrected chi connectivity index (χ3v) is 7.39. The van der Waals surface area contributed by atoms with Gasteiger partial charge in [0.1, 0.15) is 5.82 Å². The summed E-state index contributed by atoms with van der Waals surface area (Å²) >= 11 is 0. The normalized spacial score (nSPS) is 21.1. The Kier molecular flexibility index (Phi) is 6.14. The van der Waals surface area contributed by atoms with Gasteiger partial charge in [-0.15, -0.1) is 0 Å². The molecule has 1 atom stereocenters. The van der Waals surface area contributed by atoms with E-state index in [0.29, 0.717) is 18.3 Å². The van der Waals surface area contributed by atoms with Gasteiger partial charge in [0, 0.05) is 37.8 Å². The average molecular weight is 455 g/mol. The van der Waals surface area contributed by atoms with Crippen molar-refractivity contribution in [3.63, 3.8) is 0 Å². The number of aliphatic imine (C=N–C) groups is 1. The Morgan fingerprint density at radius 3 is 2.79 bits per heavy atom. The molecule has 6 heteroatoms. The van der Waals surface area contributed by atoms with Crippen LogP contribution in [-0.4, -0.2) is 36.6 Å². The summed E-state index contributed by atoms with van der Waals surface area (Å²) in [5, 5.41) is 5.11. The van der Waals surface area contributed by atoms with Gasteiger partial charge in [-0.05, 0) is 47.6 Å². The zero-order valence-electron chi connectivity index (χ0n) is 19.5. The zero-order valence-corrected chi connectivity index (χ0v) is 19.5. The molecule has 6 nitrogen and oxygen atoms in total. The molecule has 2 aromatic carbocycles. The third kappa shape index (κ3) is 4.09. The first-order valence-electron chi connectivity index (χ1n) is 12.1. The lowest BCUT2D eigenvalue weighted by Crippen LogP contribution is -2.40. The summed E-state index contributed by atoms with van der Waals surface area (Å²) in [7, 11) is 1.75. The second kappa shape index (κ2) is 9.37. The summed E-state index contributed by atoms with van der Waals surface area (Å²) in [6, 6.07) is 17.7. The molecule has 2 aliphatic rings. The van der Waals surface area contributed by atoms with E-state index in [9.17, 15) is 9.59 Å². The molecule has 2 fully saturated rings. The number of hydrogen-bond donors (Lipinski definition) is 1. The van der Waals surface area contributed by atoms with Gasteiger partial charge in [-0.25, -0.2) is 4.98 Å². The summed E-state index contributed by atoms with van der Waals surface area (Å²) < 4.78 is 0. The van der Waals surface area contributed by atoms with E-state index in [1.165, 1.54) is 12.8 Å². The molecule has 1 saturated carbocycles. The van der Waals surface area contributed by atoms with E-state index in [0.717, 1.165) is 41.3 Å². The first-order chi connectivity index (χ1) is 16.6. The number of nitrogens with one attached hydrogen (secondary N) is 1. The van der Waals surface area contributed by atoms with Crippen LogP contribution >= 0.6 is 0 Å². The van der Waals surface area contributed by atoms with Crippen molar-refractivity contribution in [3.8, 4) is 0 Å². The topological polar surface area (TPSA) is 74.7 Å². The van der Waals surface area contributed by atoms with Crippen LogP contribution in [-0.2, 0) is 16.0 Å². The number of hydrogen-bond acceptors (Lipinski definition) is 4. The molecule has 1 saturated heterocycles. The quantitative estimate of drug-likeness (QED) is 0.531. The maximum absolute atomic E-state index is 13.6. The molecule has 3 aromatic rings. The number of anilines is 2. The van der Waals surface area contributed by atoms with Crippen LogP contribution in [0.4, 0.5) is 11.5 Å². The predicted molar refractivity (Wildman–Crippen MR) is 136 cm³/mol. The predicted octanol–water partition coefficient (Wildman–Crippen LogP) is 5.03. The van der Waals surface area contributed by atoms with E-state index >= 15 is 0 Å². The van der Waals surface area contributed by atoms with E-state index in [1.807, 2.05) is 59.6 Å². The molecule has 2 heterocycles. The van der Waals surface area contributed by atoms with Crippen LogP contribution in [0, 0.1) is 11.3 Å². The number of pyridine rings is 1. The second-order valence-electron chi connectivity index (χ2n) is 9.38. The molecule has 5 rings (SSSR count). The van der Waals surface area contributed by atoms with Crippen molar-refractivity contribution in [3.05, 3.63) is 66.4 Å². The molecule has 1 aromatic heterocycles. The number of benzene rings is 2. The number of carbonyl (C=O) groups excluding carboxylic acids is 2. The van der Waals surface area contributed by atoms with Crippen LogP contribution in [0.25, 0.3) is 10.8 Å². The van der Waals surface area contributed by atoms with Gasteiger partial charge in [0.05, 0.1) is 11.8 Å². The minimum atomic E-state index is -0.508. The van der Waals surface area contributed by atoms with E-state index in [-0.39, 0.29) is 18.2 Å². The average Bonchev–Trinajstić information content (AvgIpc) is 3.49. The Hall–Kier alpha value is -3.54. The summed E-state index contributed by atoms with van der Waals surface area (Å²) in [4.78, 5) is 36.9. The fourth-order valence-electron chi connectivity index (χ4n) is 5.74. The number of aromatic nitrogens is 1. The number of nitrogens with zero attached hydrogens (tertiary/aromatic N) is 3. The Morgan fingerprint density at radius 1 is 1.18 bits per heavy atom. The van der Waals surface area contributed by atoms with Gasteiger partial charge in [-0.2, -0.15) is 0 Å².